The van der Waals surface area contributed by atoms with E-state index < -0.39 is 23.7 Å². The first-order chi connectivity index (χ1) is 12.4. The van der Waals surface area contributed by atoms with E-state index in [9.17, 15) is 18.0 Å². The molecule has 8 heteroatoms. The number of amides is 1. The summed E-state index contributed by atoms with van der Waals surface area (Å²) in [4.78, 5) is 12.2. The van der Waals surface area contributed by atoms with Crippen LogP contribution in [0, 0.1) is 0 Å². The summed E-state index contributed by atoms with van der Waals surface area (Å²) in [6.45, 7) is 0.891. The number of dihydropyridines is 1. The third kappa shape index (κ3) is 3.34. The first-order valence-corrected chi connectivity index (χ1v) is 8.41. The Morgan fingerprint density at radius 1 is 1.23 bits per heavy atom. The highest BCUT2D eigenvalue weighted by atomic mass is 19.4. The summed E-state index contributed by atoms with van der Waals surface area (Å²) >= 11 is 0. The van der Waals surface area contributed by atoms with E-state index in [2.05, 4.69) is 16.0 Å². The Hall–Kier alpha value is -2.32. The van der Waals surface area contributed by atoms with Gasteiger partial charge in [-0.05, 0) is 30.2 Å². The van der Waals surface area contributed by atoms with Crippen molar-refractivity contribution in [2.45, 2.75) is 36.9 Å². The van der Waals surface area contributed by atoms with Crippen LogP contribution < -0.4 is 16.0 Å². The number of carbonyl (C=O) groups is 1. The number of benzene rings is 1. The lowest BCUT2D eigenvalue weighted by Gasteiger charge is -2.24. The number of carbonyl (C=O) groups excluding carboxylic acids is 1. The Bertz CT molecular complexity index is 758. The Balaban J connectivity index is 1.35. The van der Waals surface area contributed by atoms with Gasteiger partial charge >= 0.3 is 6.18 Å². The third-order valence-electron chi connectivity index (χ3n) is 4.83. The van der Waals surface area contributed by atoms with Crippen LogP contribution in [0.15, 0.2) is 48.2 Å². The summed E-state index contributed by atoms with van der Waals surface area (Å²) in [5.41, 5.74) is 0.803. The monoisotopic (exact) mass is 365 g/mol. The number of halogens is 3. The topological polar surface area (TPSA) is 62.4 Å². The lowest BCUT2D eigenvalue weighted by atomic mass is 10.0. The van der Waals surface area contributed by atoms with Crippen molar-refractivity contribution in [3.05, 3.63) is 53.8 Å². The molecule has 0 saturated carbocycles. The smallest absolute Gasteiger partial charge is 0.376 e. The molecule has 2 fully saturated rings. The maximum Gasteiger partial charge on any atom is 0.417 e. The quantitative estimate of drug-likeness (QED) is 0.770. The highest BCUT2D eigenvalue weighted by Crippen LogP contribution is 2.37. The molecular formula is C18H18F3N3O2. The predicted octanol–water partition coefficient (Wildman–Crippen LogP) is 2.40. The summed E-state index contributed by atoms with van der Waals surface area (Å²) in [6.07, 6.45) is -0.221. The van der Waals surface area contributed by atoms with Gasteiger partial charge in [-0.3, -0.25) is 4.79 Å². The highest BCUT2D eigenvalue weighted by Gasteiger charge is 2.41. The van der Waals surface area contributed by atoms with Gasteiger partial charge in [0.1, 0.15) is 6.04 Å². The van der Waals surface area contributed by atoms with E-state index in [-0.39, 0.29) is 12.2 Å². The minimum Gasteiger partial charge on any atom is -0.376 e. The summed E-state index contributed by atoms with van der Waals surface area (Å²) in [5, 5.41) is 8.57. The molecule has 5 nitrogen and oxygen atoms in total. The molecule has 0 spiro atoms. The number of morpholine rings is 1. The molecular weight excluding hydrogens is 347 g/mol. The molecule has 3 heterocycles. The van der Waals surface area contributed by atoms with Gasteiger partial charge < -0.3 is 20.7 Å². The van der Waals surface area contributed by atoms with Crippen molar-refractivity contribution in [2.24, 2.45) is 0 Å². The predicted molar refractivity (Wildman–Crippen MR) is 89.3 cm³/mol. The van der Waals surface area contributed by atoms with Crippen LogP contribution in [0.4, 0.5) is 18.9 Å². The van der Waals surface area contributed by atoms with Crippen LogP contribution in [0.2, 0.25) is 0 Å². The lowest BCUT2D eigenvalue weighted by Crippen LogP contribution is -2.38. The third-order valence-corrected chi connectivity index (χ3v) is 4.83. The zero-order chi connectivity index (χ0) is 18.3. The van der Waals surface area contributed by atoms with Gasteiger partial charge in [0.25, 0.3) is 5.91 Å². The number of nitrogens with one attached hydrogen (secondary N) is 3. The largest absolute Gasteiger partial charge is 0.417 e. The van der Waals surface area contributed by atoms with Crippen molar-refractivity contribution < 1.29 is 22.7 Å². The molecule has 3 aliphatic rings. The first kappa shape index (κ1) is 17.1. The van der Waals surface area contributed by atoms with Crippen LogP contribution in [0.5, 0.6) is 0 Å². The normalized spacial score (nSPS) is 30.0. The number of hydrogen-bond acceptors (Lipinski definition) is 4. The van der Waals surface area contributed by atoms with E-state index in [1.807, 2.05) is 12.1 Å². The van der Waals surface area contributed by atoms with Crippen molar-refractivity contribution in [1.29, 1.82) is 0 Å². The number of hydrogen-bond donors (Lipinski definition) is 3. The molecule has 4 rings (SSSR count). The summed E-state index contributed by atoms with van der Waals surface area (Å²) < 4.78 is 43.6. The molecule has 3 N–H and O–H groups in total. The molecule has 3 aliphatic heterocycles. The van der Waals surface area contributed by atoms with Crippen LogP contribution in [-0.4, -0.2) is 36.8 Å². The van der Waals surface area contributed by atoms with E-state index in [1.165, 1.54) is 6.08 Å². The fourth-order valence-corrected chi connectivity index (χ4v) is 3.48. The van der Waals surface area contributed by atoms with Gasteiger partial charge in [-0.1, -0.05) is 18.2 Å². The van der Waals surface area contributed by atoms with E-state index >= 15 is 0 Å². The molecule has 2 saturated heterocycles. The summed E-state index contributed by atoms with van der Waals surface area (Å²) in [5.74, 6) is -0.427. The second-order valence-corrected chi connectivity index (χ2v) is 6.64. The molecule has 1 amide bonds. The van der Waals surface area contributed by atoms with E-state index in [0.29, 0.717) is 11.7 Å². The summed E-state index contributed by atoms with van der Waals surface area (Å²) in [7, 11) is 0. The lowest BCUT2D eigenvalue weighted by molar-refractivity contribution is -0.117. The molecule has 0 aromatic heterocycles. The van der Waals surface area contributed by atoms with Crippen LogP contribution >= 0.6 is 0 Å². The molecule has 1 aromatic carbocycles. The van der Waals surface area contributed by atoms with Gasteiger partial charge in [-0.15, -0.1) is 0 Å². The Morgan fingerprint density at radius 2 is 2.00 bits per heavy atom. The van der Waals surface area contributed by atoms with Crippen LogP contribution in [0.3, 0.4) is 0 Å². The van der Waals surface area contributed by atoms with Crippen molar-refractivity contribution in [2.75, 3.05) is 11.9 Å². The first-order valence-electron chi connectivity index (χ1n) is 8.41. The van der Waals surface area contributed by atoms with Gasteiger partial charge in [-0.25, -0.2) is 0 Å². The Labute approximate surface area is 148 Å². The minimum absolute atomic E-state index is 0.0207. The highest BCUT2D eigenvalue weighted by molar-refractivity contribution is 5.96. The van der Waals surface area contributed by atoms with Gasteiger partial charge in [-0.2, -0.15) is 13.2 Å². The second-order valence-electron chi connectivity index (χ2n) is 6.64. The number of alkyl halides is 3. The van der Waals surface area contributed by atoms with Crippen LogP contribution in [-0.2, 0) is 9.53 Å². The standard InChI is InChI=1S/C18H18F3N3O2/c19-18(20,21)11-3-6-14(22-8-11)17(25)24-12-4-1-10(2-5-12)16-15-7-13(26-16)9-23-15/h1-6,8,13-16,22-23H,7,9H2,(H,24,25)/t13-,14?,15-,16+/m1/s1. The van der Waals surface area contributed by atoms with Crippen molar-refractivity contribution in [3.63, 3.8) is 0 Å². The molecule has 2 bridgehead atoms. The maximum absolute atomic E-state index is 12.6. The number of rotatable bonds is 3. The second kappa shape index (κ2) is 6.44. The average Bonchev–Trinajstić information content (AvgIpc) is 3.25. The van der Waals surface area contributed by atoms with E-state index in [4.69, 9.17) is 4.74 Å². The molecule has 138 valence electrons. The van der Waals surface area contributed by atoms with Gasteiger partial charge in [0.2, 0.25) is 0 Å². The zero-order valence-electron chi connectivity index (χ0n) is 13.7. The van der Waals surface area contributed by atoms with Crippen molar-refractivity contribution in [3.8, 4) is 0 Å². The van der Waals surface area contributed by atoms with Crippen molar-refractivity contribution in [1.82, 2.24) is 10.6 Å². The fourth-order valence-electron chi connectivity index (χ4n) is 3.48. The van der Waals surface area contributed by atoms with Gasteiger partial charge in [0.15, 0.2) is 0 Å². The van der Waals surface area contributed by atoms with Gasteiger partial charge in [0, 0.05) is 24.5 Å². The molecule has 1 aromatic rings. The van der Waals surface area contributed by atoms with Crippen LogP contribution in [0.1, 0.15) is 18.1 Å². The average molecular weight is 365 g/mol. The number of anilines is 1. The number of ether oxygens (including phenoxy) is 1. The SMILES string of the molecule is O=C(Nc1ccc([C@@H]2O[C@H]3CN[C@@H]2C3)cc1)C1C=CC(C(F)(F)F)=CN1. The van der Waals surface area contributed by atoms with Gasteiger partial charge in [0.05, 0.1) is 17.8 Å². The molecule has 1 unspecified atom stereocenters. The van der Waals surface area contributed by atoms with E-state index in [0.717, 1.165) is 30.8 Å². The molecule has 4 atom stereocenters. The summed E-state index contributed by atoms with van der Waals surface area (Å²) in [6, 6.07) is 6.81. The molecule has 26 heavy (non-hydrogen) atoms. The maximum atomic E-state index is 12.6. The number of fused-ring (bicyclic) bond motifs is 2. The number of allylic oxidation sites excluding steroid dienone is 2. The van der Waals surface area contributed by atoms with E-state index in [1.54, 1.807) is 12.1 Å². The van der Waals surface area contributed by atoms with Crippen LogP contribution in [0.25, 0.3) is 0 Å². The molecule has 0 radical (unpaired) electrons. The zero-order valence-corrected chi connectivity index (χ0v) is 13.7. The minimum atomic E-state index is -4.43. The molecule has 0 aliphatic carbocycles. The fraction of sp³-hybridized carbons (Fsp3) is 0.389. The Morgan fingerprint density at radius 3 is 2.54 bits per heavy atom. The Kier molecular flexibility index (Phi) is 4.24. The van der Waals surface area contributed by atoms with Crippen molar-refractivity contribution >= 4 is 11.6 Å².